The molecule has 4 rings (SSSR count). The standard InChI is InChI=1S/C20H17N5OS/c1-2-10-25-19(16-4-3-8-21-12-16)23-24-20(25)27-13-18(26)15-6-5-14-7-9-22-17(14)11-15/h2-9,11-12,22H,1,10,13H2. The molecule has 3 heterocycles. The number of rotatable bonds is 7. The summed E-state index contributed by atoms with van der Waals surface area (Å²) in [5.41, 5.74) is 2.52. The summed E-state index contributed by atoms with van der Waals surface area (Å²) in [5.74, 6) is 1.05. The molecule has 6 nitrogen and oxygen atoms in total. The van der Waals surface area contributed by atoms with Crippen molar-refractivity contribution in [2.24, 2.45) is 0 Å². The highest BCUT2D eigenvalue weighted by Crippen LogP contribution is 2.24. The van der Waals surface area contributed by atoms with E-state index >= 15 is 0 Å². The monoisotopic (exact) mass is 375 g/mol. The van der Waals surface area contributed by atoms with Crippen LogP contribution >= 0.6 is 11.8 Å². The molecule has 27 heavy (non-hydrogen) atoms. The van der Waals surface area contributed by atoms with Crippen LogP contribution in [0.2, 0.25) is 0 Å². The highest BCUT2D eigenvalue weighted by molar-refractivity contribution is 7.99. The van der Waals surface area contributed by atoms with Gasteiger partial charge in [-0.15, -0.1) is 16.8 Å². The van der Waals surface area contributed by atoms with E-state index in [-0.39, 0.29) is 11.5 Å². The lowest BCUT2D eigenvalue weighted by Gasteiger charge is -2.07. The zero-order chi connectivity index (χ0) is 18.6. The Morgan fingerprint density at radius 3 is 3.00 bits per heavy atom. The third-order valence-electron chi connectivity index (χ3n) is 4.16. The van der Waals surface area contributed by atoms with Crippen LogP contribution in [0.1, 0.15) is 10.4 Å². The van der Waals surface area contributed by atoms with Crippen LogP contribution in [0.15, 0.2) is 72.8 Å². The summed E-state index contributed by atoms with van der Waals surface area (Å²) >= 11 is 1.37. The first-order valence-electron chi connectivity index (χ1n) is 8.44. The van der Waals surface area contributed by atoms with Crippen molar-refractivity contribution in [2.45, 2.75) is 11.7 Å². The van der Waals surface area contributed by atoms with Gasteiger partial charge in [-0.25, -0.2) is 0 Å². The SMILES string of the molecule is C=CCn1c(SCC(=O)c2ccc3cc[nH]c3c2)nnc1-c1cccnc1. The number of carbonyl (C=O) groups excluding carboxylic acids is 1. The van der Waals surface area contributed by atoms with Gasteiger partial charge in [0.25, 0.3) is 0 Å². The van der Waals surface area contributed by atoms with E-state index < -0.39 is 0 Å². The van der Waals surface area contributed by atoms with E-state index in [4.69, 9.17) is 0 Å². The van der Waals surface area contributed by atoms with E-state index in [0.717, 1.165) is 16.5 Å². The average Bonchev–Trinajstić information content (AvgIpc) is 3.33. The third-order valence-corrected chi connectivity index (χ3v) is 5.12. The molecule has 0 unspecified atom stereocenters. The van der Waals surface area contributed by atoms with Gasteiger partial charge in [-0.1, -0.05) is 30.0 Å². The topological polar surface area (TPSA) is 76.5 Å². The Morgan fingerprint density at radius 1 is 1.26 bits per heavy atom. The molecular weight excluding hydrogens is 358 g/mol. The molecule has 134 valence electrons. The average molecular weight is 375 g/mol. The summed E-state index contributed by atoms with van der Waals surface area (Å²) in [5, 5.41) is 10.3. The minimum atomic E-state index is 0.0487. The number of carbonyl (C=O) groups is 1. The van der Waals surface area contributed by atoms with Gasteiger partial charge in [0.05, 0.1) is 5.75 Å². The Balaban J connectivity index is 1.54. The van der Waals surface area contributed by atoms with Crippen LogP contribution in [0, 0.1) is 0 Å². The van der Waals surface area contributed by atoms with E-state index in [9.17, 15) is 4.79 Å². The number of hydrogen-bond donors (Lipinski definition) is 1. The van der Waals surface area contributed by atoms with Gasteiger partial charge in [-0.2, -0.15) is 0 Å². The van der Waals surface area contributed by atoms with Gasteiger partial charge >= 0.3 is 0 Å². The van der Waals surface area contributed by atoms with Crippen LogP contribution in [0.25, 0.3) is 22.3 Å². The zero-order valence-corrected chi connectivity index (χ0v) is 15.3. The number of aromatic nitrogens is 5. The summed E-state index contributed by atoms with van der Waals surface area (Å²) in [7, 11) is 0. The minimum absolute atomic E-state index is 0.0487. The lowest BCUT2D eigenvalue weighted by molar-refractivity contribution is 0.102. The molecule has 0 aliphatic carbocycles. The van der Waals surface area contributed by atoms with Gasteiger partial charge in [-0.05, 0) is 29.7 Å². The Kier molecular flexibility index (Phi) is 4.84. The predicted molar refractivity (Wildman–Crippen MR) is 107 cm³/mol. The minimum Gasteiger partial charge on any atom is -0.361 e. The Labute approximate surface area is 160 Å². The predicted octanol–water partition coefficient (Wildman–Crippen LogP) is 3.98. The molecule has 1 N–H and O–H groups in total. The Morgan fingerprint density at radius 2 is 2.19 bits per heavy atom. The fourth-order valence-electron chi connectivity index (χ4n) is 2.83. The number of nitrogens with zero attached hydrogens (tertiary/aromatic N) is 4. The number of allylic oxidation sites excluding steroid dienone is 1. The largest absolute Gasteiger partial charge is 0.361 e. The molecule has 0 atom stereocenters. The van der Waals surface area contributed by atoms with E-state index in [1.165, 1.54) is 11.8 Å². The summed E-state index contributed by atoms with van der Waals surface area (Å²) < 4.78 is 1.94. The molecule has 0 aliphatic heterocycles. The number of ketones is 1. The van der Waals surface area contributed by atoms with E-state index in [1.54, 1.807) is 18.5 Å². The molecule has 0 amide bonds. The first kappa shape index (κ1) is 17.2. The van der Waals surface area contributed by atoms with Crippen molar-refractivity contribution >= 4 is 28.4 Å². The van der Waals surface area contributed by atoms with Crippen molar-refractivity contribution in [3.05, 3.63) is 73.2 Å². The summed E-state index contributed by atoms with van der Waals surface area (Å²) in [6, 6.07) is 11.5. The molecule has 0 radical (unpaired) electrons. The molecule has 1 aromatic carbocycles. The number of H-pyrrole nitrogens is 1. The molecule has 0 aliphatic rings. The van der Waals surface area contributed by atoms with E-state index in [0.29, 0.717) is 23.1 Å². The first-order valence-corrected chi connectivity index (χ1v) is 9.42. The van der Waals surface area contributed by atoms with Crippen molar-refractivity contribution < 1.29 is 4.79 Å². The lowest BCUT2D eigenvalue weighted by Crippen LogP contribution is -2.05. The molecule has 0 spiro atoms. The number of aromatic amines is 1. The second-order valence-electron chi connectivity index (χ2n) is 5.94. The summed E-state index contributed by atoms with van der Waals surface area (Å²) in [6.45, 7) is 4.36. The number of benzene rings is 1. The fraction of sp³-hybridized carbons (Fsp3) is 0.100. The van der Waals surface area contributed by atoms with Crippen LogP contribution in [-0.4, -0.2) is 36.3 Å². The summed E-state index contributed by atoms with van der Waals surface area (Å²) in [4.78, 5) is 19.9. The Hall–Kier alpha value is -3.19. The number of hydrogen-bond acceptors (Lipinski definition) is 5. The molecule has 3 aromatic heterocycles. The van der Waals surface area contributed by atoms with E-state index in [1.807, 2.05) is 47.2 Å². The van der Waals surface area contributed by atoms with Crippen molar-refractivity contribution in [1.82, 2.24) is 24.7 Å². The molecule has 7 heteroatoms. The number of thioether (sulfide) groups is 1. The van der Waals surface area contributed by atoms with Crippen LogP contribution < -0.4 is 0 Å². The first-order chi connectivity index (χ1) is 13.3. The van der Waals surface area contributed by atoms with Crippen molar-refractivity contribution in [3.63, 3.8) is 0 Å². The van der Waals surface area contributed by atoms with Gasteiger partial charge in [-0.3, -0.25) is 14.3 Å². The second-order valence-corrected chi connectivity index (χ2v) is 6.88. The molecule has 0 saturated carbocycles. The molecule has 0 bridgehead atoms. The number of nitrogens with one attached hydrogen (secondary N) is 1. The van der Waals surface area contributed by atoms with Crippen LogP contribution in [0.3, 0.4) is 0 Å². The van der Waals surface area contributed by atoms with E-state index in [2.05, 4.69) is 26.7 Å². The van der Waals surface area contributed by atoms with Crippen molar-refractivity contribution in [2.75, 3.05) is 5.75 Å². The smallest absolute Gasteiger partial charge is 0.192 e. The normalized spacial score (nSPS) is 11.0. The number of fused-ring (bicyclic) bond motifs is 1. The maximum atomic E-state index is 12.6. The van der Waals surface area contributed by atoms with Gasteiger partial charge in [0.1, 0.15) is 0 Å². The highest BCUT2D eigenvalue weighted by atomic mass is 32.2. The lowest BCUT2D eigenvalue weighted by atomic mass is 10.1. The van der Waals surface area contributed by atoms with Crippen LogP contribution in [0.4, 0.5) is 0 Å². The highest BCUT2D eigenvalue weighted by Gasteiger charge is 2.16. The van der Waals surface area contributed by atoms with Crippen LogP contribution in [-0.2, 0) is 6.54 Å². The van der Waals surface area contributed by atoms with Crippen LogP contribution in [0.5, 0.6) is 0 Å². The van der Waals surface area contributed by atoms with Gasteiger partial charge in [0.15, 0.2) is 16.8 Å². The second kappa shape index (κ2) is 7.59. The molecular formula is C20H17N5OS. The quantitative estimate of drug-likeness (QED) is 0.300. The molecule has 4 aromatic rings. The maximum absolute atomic E-state index is 12.6. The van der Waals surface area contributed by atoms with Crippen molar-refractivity contribution in [1.29, 1.82) is 0 Å². The maximum Gasteiger partial charge on any atom is 0.192 e. The zero-order valence-electron chi connectivity index (χ0n) is 14.5. The number of pyridine rings is 1. The van der Waals surface area contributed by atoms with Crippen molar-refractivity contribution in [3.8, 4) is 11.4 Å². The van der Waals surface area contributed by atoms with Gasteiger partial charge < -0.3 is 4.98 Å². The number of Topliss-reactive ketones (excluding diaryl/α,β-unsaturated/α-hetero) is 1. The third kappa shape index (κ3) is 3.54. The summed E-state index contributed by atoms with van der Waals surface area (Å²) in [6.07, 6.45) is 7.11. The van der Waals surface area contributed by atoms with Gasteiger partial charge in [0.2, 0.25) is 0 Å². The van der Waals surface area contributed by atoms with Gasteiger partial charge in [0, 0.05) is 41.8 Å². The molecule has 0 saturated heterocycles. The fourth-order valence-corrected chi connectivity index (χ4v) is 3.67. The Bertz CT molecular complexity index is 1100. The molecule has 0 fully saturated rings.